The maximum atomic E-state index is 5.68. The standard InChI is InChI=1S/C15H19N3/c1-11-5-3-6-13(9-11)10-15(18-16)14-7-4-8-17-12(14)2/h3-9,15,18H,10,16H2,1-2H3. The largest absolute Gasteiger partial charge is 0.271 e. The number of pyridine rings is 1. The third-order valence-electron chi connectivity index (χ3n) is 3.15. The van der Waals surface area contributed by atoms with Crippen LogP contribution in [0.1, 0.15) is 28.4 Å². The number of hydrazine groups is 1. The van der Waals surface area contributed by atoms with Gasteiger partial charge in [-0.2, -0.15) is 0 Å². The summed E-state index contributed by atoms with van der Waals surface area (Å²) >= 11 is 0. The van der Waals surface area contributed by atoms with Gasteiger partial charge in [-0.05, 0) is 37.5 Å². The van der Waals surface area contributed by atoms with Crippen molar-refractivity contribution in [3.63, 3.8) is 0 Å². The topological polar surface area (TPSA) is 50.9 Å². The highest BCUT2D eigenvalue weighted by molar-refractivity contribution is 5.28. The van der Waals surface area contributed by atoms with Gasteiger partial charge in [-0.15, -0.1) is 0 Å². The van der Waals surface area contributed by atoms with E-state index in [1.807, 2.05) is 13.0 Å². The Morgan fingerprint density at radius 3 is 2.72 bits per heavy atom. The fourth-order valence-corrected chi connectivity index (χ4v) is 2.20. The molecule has 2 aromatic rings. The number of hydrogen-bond donors (Lipinski definition) is 2. The highest BCUT2D eigenvalue weighted by Gasteiger charge is 2.13. The molecule has 0 amide bonds. The Hall–Kier alpha value is -1.71. The highest BCUT2D eigenvalue weighted by atomic mass is 15.2. The maximum Gasteiger partial charge on any atom is 0.0518 e. The minimum atomic E-state index is 0.0977. The first-order valence-electron chi connectivity index (χ1n) is 6.14. The molecule has 2 rings (SSSR count). The van der Waals surface area contributed by atoms with Crippen LogP contribution in [0.25, 0.3) is 0 Å². The van der Waals surface area contributed by atoms with E-state index in [0.29, 0.717) is 0 Å². The van der Waals surface area contributed by atoms with Gasteiger partial charge < -0.3 is 0 Å². The molecule has 0 saturated heterocycles. The van der Waals surface area contributed by atoms with Crippen LogP contribution in [0.5, 0.6) is 0 Å². The van der Waals surface area contributed by atoms with Gasteiger partial charge in [0.05, 0.1) is 6.04 Å². The quantitative estimate of drug-likeness (QED) is 0.638. The van der Waals surface area contributed by atoms with Gasteiger partial charge in [-0.25, -0.2) is 0 Å². The van der Waals surface area contributed by atoms with E-state index in [1.54, 1.807) is 6.20 Å². The molecule has 0 spiro atoms. The Bertz CT molecular complexity index is 523. The average Bonchev–Trinajstić information content (AvgIpc) is 2.37. The predicted octanol–water partition coefficient (Wildman–Crippen LogP) is 2.45. The number of nitrogens with one attached hydrogen (secondary N) is 1. The van der Waals surface area contributed by atoms with Gasteiger partial charge in [0.15, 0.2) is 0 Å². The number of nitrogens with zero attached hydrogens (tertiary/aromatic N) is 1. The minimum Gasteiger partial charge on any atom is -0.271 e. The van der Waals surface area contributed by atoms with Gasteiger partial charge in [-0.1, -0.05) is 35.9 Å². The van der Waals surface area contributed by atoms with Gasteiger partial charge in [0.2, 0.25) is 0 Å². The fourth-order valence-electron chi connectivity index (χ4n) is 2.20. The second-order valence-electron chi connectivity index (χ2n) is 4.59. The van der Waals surface area contributed by atoms with Crippen LogP contribution in [0, 0.1) is 13.8 Å². The Labute approximate surface area is 108 Å². The lowest BCUT2D eigenvalue weighted by Crippen LogP contribution is -2.30. The fraction of sp³-hybridized carbons (Fsp3) is 0.267. The lowest BCUT2D eigenvalue weighted by atomic mass is 9.97. The van der Waals surface area contributed by atoms with Gasteiger partial charge in [0.25, 0.3) is 0 Å². The van der Waals surface area contributed by atoms with E-state index in [0.717, 1.165) is 17.7 Å². The summed E-state index contributed by atoms with van der Waals surface area (Å²) in [7, 11) is 0. The molecule has 3 heteroatoms. The van der Waals surface area contributed by atoms with Crippen molar-refractivity contribution in [2.75, 3.05) is 0 Å². The zero-order chi connectivity index (χ0) is 13.0. The molecule has 94 valence electrons. The van der Waals surface area contributed by atoms with Gasteiger partial charge in [0, 0.05) is 11.9 Å². The third kappa shape index (κ3) is 2.94. The molecule has 18 heavy (non-hydrogen) atoms. The molecule has 0 saturated carbocycles. The van der Waals surface area contributed by atoms with Crippen LogP contribution in [0.4, 0.5) is 0 Å². The van der Waals surface area contributed by atoms with Crippen LogP contribution in [0.2, 0.25) is 0 Å². The van der Waals surface area contributed by atoms with Crippen molar-refractivity contribution < 1.29 is 0 Å². The van der Waals surface area contributed by atoms with E-state index in [9.17, 15) is 0 Å². The van der Waals surface area contributed by atoms with Crippen molar-refractivity contribution in [1.82, 2.24) is 10.4 Å². The second-order valence-corrected chi connectivity index (χ2v) is 4.59. The van der Waals surface area contributed by atoms with E-state index in [2.05, 4.69) is 47.7 Å². The smallest absolute Gasteiger partial charge is 0.0518 e. The molecule has 0 aliphatic carbocycles. The molecule has 1 aromatic carbocycles. The maximum absolute atomic E-state index is 5.68. The van der Waals surface area contributed by atoms with Crippen LogP contribution in [-0.2, 0) is 6.42 Å². The van der Waals surface area contributed by atoms with Crippen LogP contribution in [0.15, 0.2) is 42.6 Å². The van der Waals surface area contributed by atoms with Gasteiger partial charge >= 0.3 is 0 Å². The van der Waals surface area contributed by atoms with Crippen molar-refractivity contribution in [1.29, 1.82) is 0 Å². The lowest BCUT2D eigenvalue weighted by molar-refractivity contribution is 0.547. The average molecular weight is 241 g/mol. The zero-order valence-corrected chi connectivity index (χ0v) is 10.9. The van der Waals surface area contributed by atoms with E-state index in [-0.39, 0.29) is 6.04 Å². The Kier molecular flexibility index (Phi) is 4.07. The summed E-state index contributed by atoms with van der Waals surface area (Å²) in [6.07, 6.45) is 2.67. The Morgan fingerprint density at radius 1 is 1.22 bits per heavy atom. The summed E-state index contributed by atoms with van der Waals surface area (Å²) in [5, 5.41) is 0. The first-order valence-corrected chi connectivity index (χ1v) is 6.14. The second kappa shape index (κ2) is 5.76. The number of nitrogens with two attached hydrogens (primary N) is 1. The lowest BCUT2D eigenvalue weighted by Gasteiger charge is -2.18. The normalized spacial score (nSPS) is 12.4. The summed E-state index contributed by atoms with van der Waals surface area (Å²) in [5.74, 6) is 5.68. The minimum absolute atomic E-state index is 0.0977. The number of aromatic nitrogens is 1. The van der Waals surface area contributed by atoms with Crippen LogP contribution in [0.3, 0.4) is 0 Å². The monoisotopic (exact) mass is 241 g/mol. The third-order valence-corrected chi connectivity index (χ3v) is 3.15. The van der Waals surface area contributed by atoms with Crippen molar-refractivity contribution in [3.8, 4) is 0 Å². The van der Waals surface area contributed by atoms with Gasteiger partial charge in [-0.3, -0.25) is 16.3 Å². The van der Waals surface area contributed by atoms with Crippen molar-refractivity contribution in [3.05, 3.63) is 65.0 Å². The number of aryl methyl sites for hydroxylation is 2. The molecular formula is C15H19N3. The molecular weight excluding hydrogens is 222 g/mol. The SMILES string of the molecule is Cc1cccc(CC(NN)c2cccnc2C)c1. The van der Waals surface area contributed by atoms with Gasteiger partial charge in [0.1, 0.15) is 0 Å². The molecule has 3 N–H and O–H groups in total. The predicted molar refractivity (Wildman–Crippen MR) is 73.9 cm³/mol. The molecule has 0 bridgehead atoms. The molecule has 0 aliphatic heterocycles. The summed E-state index contributed by atoms with van der Waals surface area (Å²) in [6.45, 7) is 4.11. The molecule has 0 radical (unpaired) electrons. The van der Waals surface area contributed by atoms with Crippen molar-refractivity contribution >= 4 is 0 Å². The van der Waals surface area contributed by atoms with E-state index in [1.165, 1.54) is 11.1 Å². The Morgan fingerprint density at radius 2 is 2.06 bits per heavy atom. The van der Waals surface area contributed by atoms with Crippen LogP contribution >= 0.6 is 0 Å². The highest BCUT2D eigenvalue weighted by Crippen LogP contribution is 2.20. The van der Waals surface area contributed by atoms with Crippen LogP contribution < -0.4 is 11.3 Å². The summed E-state index contributed by atoms with van der Waals surface area (Å²) < 4.78 is 0. The van der Waals surface area contributed by atoms with E-state index >= 15 is 0 Å². The first kappa shape index (κ1) is 12.7. The summed E-state index contributed by atoms with van der Waals surface area (Å²) in [5.41, 5.74) is 7.61. The number of benzene rings is 1. The zero-order valence-electron chi connectivity index (χ0n) is 10.9. The van der Waals surface area contributed by atoms with Crippen molar-refractivity contribution in [2.24, 2.45) is 5.84 Å². The van der Waals surface area contributed by atoms with E-state index < -0.39 is 0 Å². The Balaban J connectivity index is 2.23. The summed E-state index contributed by atoms with van der Waals surface area (Å²) in [6, 6.07) is 12.6. The molecule has 3 nitrogen and oxygen atoms in total. The van der Waals surface area contributed by atoms with Crippen molar-refractivity contribution in [2.45, 2.75) is 26.3 Å². The molecule has 1 unspecified atom stereocenters. The molecule has 1 aromatic heterocycles. The molecule has 0 fully saturated rings. The molecule has 1 heterocycles. The first-order chi connectivity index (χ1) is 8.70. The number of rotatable bonds is 4. The van der Waals surface area contributed by atoms with Crippen LogP contribution in [-0.4, -0.2) is 4.98 Å². The number of hydrogen-bond acceptors (Lipinski definition) is 3. The molecule has 1 atom stereocenters. The van der Waals surface area contributed by atoms with E-state index in [4.69, 9.17) is 5.84 Å². The molecule has 0 aliphatic rings. The summed E-state index contributed by atoms with van der Waals surface area (Å²) in [4.78, 5) is 4.31.